The topological polar surface area (TPSA) is 196 Å². The Morgan fingerprint density at radius 1 is 0.936 bits per heavy atom. The third-order valence-electron chi connectivity index (χ3n) is 7.63. The van der Waals surface area contributed by atoms with Gasteiger partial charge in [0.1, 0.15) is 12.3 Å². The van der Waals surface area contributed by atoms with Gasteiger partial charge in [-0.15, -0.1) is 11.6 Å². The van der Waals surface area contributed by atoms with Gasteiger partial charge in [0.25, 0.3) is 5.56 Å². The molecular formula is C29H53ClN2NaO12P2+. The van der Waals surface area contributed by atoms with E-state index in [-0.39, 0.29) is 48.1 Å². The van der Waals surface area contributed by atoms with E-state index in [0.717, 1.165) is 23.8 Å². The summed E-state index contributed by atoms with van der Waals surface area (Å²) in [7, 11) is -10.2. The van der Waals surface area contributed by atoms with E-state index in [4.69, 9.17) is 30.1 Å². The minimum Gasteiger partial charge on any atom is -0.390 e. The first-order valence-corrected chi connectivity index (χ1v) is 19.8. The van der Waals surface area contributed by atoms with Crippen LogP contribution in [-0.4, -0.2) is 68.5 Å². The zero-order valence-corrected chi connectivity index (χ0v) is 32.6. The number of H-pyrrole nitrogens is 1. The van der Waals surface area contributed by atoms with Crippen LogP contribution in [0.5, 0.6) is 0 Å². The first-order valence-electron chi connectivity index (χ1n) is 16.4. The molecule has 4 N–H and O–H groups in total. The van der Waals surface area contributed by atoms with Crippen LogP contribution in [-0.2, 0) is 32.0 Å². The fourth-order valence-electron chi connectivity index (χ4n) is 5.01. The van der Waals surface area contributed by atoms with E-state index >= 15 is 0 Å². The quantitative estimate of drug-likeness (QED) is 0.0470. The predicted octanol–water partition coefficient (Wildman–Crippen LogP) is 2.85. The Balaban J connectivity index is 0.0000110. The van der Waals surface area contributed by atoms with Crippen LogP contribution in [0, 0.1) is 6.92 Å². The van der Waals surface area contributed by atoms with Crippen molar-refractivity contribution >= 4 is 27.2 Å². The molecule has 47 heavy (non-hydrogen) atoms. The second-order valence-corrected chi connectivity index (χ2v) is 15.5. The fourth-order valence-corrected chi connectivity index (χ4v) is 7.38. The number of phosphoric acid groups is 2. The molecule has 1 aliphatic rings. The molecule has 268 valence electrons. The summed E-state index contributed by atoms with van der Waals surface area (Å²) in [6, 6.07) is 0. The van der Waals surface area contributed by atoms with Gasteiger partial charge >= 0.3 is 50.9 Å². The molecule has 0 amide bonds. The Bertz CT molecular complexity index is 1220. The molecule has 1 aliphatic heterocycles. The van der Waals surface area contributed by atoms with Crippen LogP contribution in [0.15, 0.2) is 15.8 Å². The SMILES string of the molecule is CCCCCCCCCCCCCCCCOCC(Cl)COP(=O)(O)OP(=O)(O)OCC1OC(n2cc(C)c(=O)[nH]c2=O)CC1O.[Na+]. The summed E-state index contributed by atoms with van der Waals surface area (Å²) in [6.45, 7) is 3.05. The maximum atomic E-state index is 12.3. The average molecular weight is 742 g/mol. The van der Waals surface area contributed by atoms with Gasteiger partial charge in [0.05, 0.1) is 31.3 Å². The molecule has 0 spiro atoms. The van der Waals surface area contributed by atoms with Crippen molar-refractivity contribution in [1.29, 1.82) is 0 Å². The summed E-state index contributed by atoms with van der Waals surface area (Å²) >= 11 is 6.09. The van der Waals surface area contributed by atoms with Gasteiger partial charge in [0.2, 0.25) is 0 Å². The first kappa shape index (κ1) is 45.1. The van der Waals surface area contributed by atoms with Crippen molar-refractivity contribution in [3.8, 4) is 0 Å². The van der Waals surface area contributed by atoms with E-state index in [2.05, 4.69) is 16.2 Å². The van der Waals surface area contributed by atoms with Gasteiger partial charge in [-0.2, -0.15) is 4.31 Å². The van der Waals surface area contributed by atoms with E-state index in [1.807, 2.05) is 0 Å². The monoisotopic (exact) mass is 741 g/mol. The molecule has 0 saturated carbocycles. The van der Waals surface area contributed by atoms with Crippen LogP contribution in [0.4, 0.5) is 0 Å². The third-order valence-corrected chi connectivity index (χ3v) is 10.5. The summed E-state index contributed by atoms with van der Waals surface area (Å²) in [5.41, 5.74) is -1.09. The molecule has 1 fully saturated rings. The molecule has 2 heterocycles. The number of halogens is 1. The number of aromatic amines is 1. The van der Waals surface area contributed by atoms with E-state index in [1.165, 1.54) is 83.7 Å². The smallest absolute Gasteiger partial charge is 0.390 e. The number of unbranched alkanes of at least 4 members (excludes halogenated alkanes) is 13. The number of aromatic nitrogens is 2. The van der Waals surface area contributed by atoms with Gasteiger partial charge in [0, 0.05) is 24.8 Å². The normalized spacial score (nSPS) is 21.2. The molecule has 2 rings (SSSR count). The van der Waals surface area contributed by atoms with Crippen LogP contribution in [0.2, 0.25) is 0 Å². The number of aliphatic hydroxyl groups is 1. The van der Waals surface area contributed by atoms with Crippen molar-refractivity contribution in [2.45, 2.75) is 134 Å². The summed E-state index contributed by atoms with van der Waals surface area (Å²) in [5, 5.41) is 9.45. The molecule has 1 aromatic rings. The number of phosphoric ester groups is 2. The van der Waals surface area contributed by atoms with Crippen molar-refractivity contribution in [3.63, 3.8) is 0 Å². The number of hydrogen-bond donors (Lipinski definition) is 4. The summed E-state index contributed by atoms with van der Waals surface area (Å²) in [5.74, 6) is 0. The zero-order valence-electron chi connectivity index (χ0n) is 28.1. The van der Waals surface area contributed by atoms with E-state index in [1.54, 1.807) is 0 Å². The van der Waals surface area contributed by atoms with Crippen molar-refractivity contribution in [2.75, 3.05) is 26.4 Å². The molecule has 0 aliphatic carbocycles. The minimum absolute atomic E-state index is 0. The van der Waals surface area contributed by atoms with E-state index in [0.29, 0.717) is 6.61 Å². The fraction of sp³-hybridized carbons (Fsp3) is 0.862. The predicted molar refractivity (Wildman–Crippen MR) is 174 cm³/mol. The number of aryl methyl sites for hydroxylation is 1. The maximum Gasteiger partial charge on any atom is 1.00 e. The van der Waals surface area contributed by atoms with Crippen molar-refractivity contribution in [3.05, 3.63) is 32.6 Å². The zero-order chi connectivity index (χ0) is 34.0. The second-order valence-electron chi connectivity index (χ2n) is 11.8. The van der Waals surface area contributed by atoms with Crippen LogP contribution in [0.25, 0.3) is 0 Å². The number of ether oxygens (including phenoxy) is 2. The largest absolute Gasteiger partial charge is 1.00 e. The van der Waals surface area contributed by atoms with Crippen LogP contribution in [0.1, 0.15) is 115 Å². The molecule has 0 bridgehead atoms. The Labute approximate surface area is 304 Å². The molecule has 18 heteroatoms. The van der Waals surface area contributed by atoms with Gasteiger partial charge in [-0.3, -0.25) is 23.4 Å². The molecule has 0 radical (unpaired) electrons. The van der Waals surface area contributed by atoms with Crippen LogP contribution < -0.4 is 40.8 Å². The average Bonchev–Trinajstić information content (AvgIpc) is 3.36. The standard InChI is InChI=1S/C29H53ClN2O12P2.Na/c1-3-4-5-6-7-8-9-10-11-12-13-14-15-16-17-40-20-24(30)21-41-45(36,37)44-46(38,39)42-22-26-25(33)18-27(43-26)32-19-23(2)28(34)31-29(32)35;/h19,24-27,33H,3-18,20-22H2,1-2H3,(H,36,37)(H,38,39)(H,31,34,35);/q;+1. The number of nitrogens with zero attached hydrogens (tertiary/aromatic N) is 1. The van der Waals surface area contributed by atoms with Gasteiger partial charge < -0.3 is 24.4 Å². The molecule has 0 aromatic carbocycles. The van der Waals surface area contributed by atoms with E-state index < -0.39 is 63.9 Å². The van der Waals surface area contributed by atoms with Crippen LogP contribution >= 0.6 is 27.2 Å². The van der Waals surface area contributed by atoms with Gasteiger partial charge in [-0.25, -0.2) is 13.9 Å². The third kappa shape index (κ3) is 19.3. The molecule has 14 nitrogen and oxygen atoms in total. The molecule has 6 atom stereocenters. The number of aliphatic hydroxyl groups excluding tert-OH is 1. The molecule has 6 unspecified atom stereocenters. The van der Waals surface area contributed by atoms with Gasteiger partial charge in [0.15, 0.2) is 0 Å². The Hall–Kier alpha value is 0.110. The summed E-state index contributed by atoms with van der Waals surface area (Å²) in [4.78, 5) is 45.6. The summed E-state index contributed by atoms with van der Waals surface area (Å²) in [6.07, 6.45) is 15.3. The number of hydrogen-bond acceptors (Lipinski definition) is 10. The molecule has 1 aromatic heterocycles. The Morgan fingerprint density at radius 2 is 1.47 bits per heavy atom. The van der Waals surface area contributed by atoms with Crippen LogP contribution in [0.3, 0.4) is 0 Å². The van der Waals surface area contributed by atoms with Crippen molar-refractivity contribution < 1.29 is 76.4 Å². The molecular weight excluding hydrogens is 689 g/mol. The number of nitrogens with one attached hydrogen (secondary N) is 1. The van der Waals surface area contributed by atoms with Gasteiger partial charge in [-0.05, 0) is 13.3 Å². The first-order chi connectivity index (χ1) is 21.8. The summed E-state index contributed by atoms with van der Waals surface area (Å²) < 4.78 is 50.4. The second kappa shape index (κ2) is 24.3. The number of rotatable bonds is 26. The van der Waals surface area contributed by atoms with Crippen molar-refractivity contribution in [1.82, 2.24) is 9.55 Å². The molecule has 1 saturated heterocycles. The van der Waals surface area contributed by atoms with Crippen molar-refractivity contribution in [2.24, 2.45) is 0 Å². The Morgan fingerprint density at radius 3 is 2.04 bits per heavy atom. The number of alkyl halides is 1. The van der Waals surface area contributed by atoms with Gasteiger partial charge in [-0.1, -0.05) is 90.4 Å². The minimum atomic E-state index is -5.14. The van der Waals surface area contributed by atoms with E-state index in [9.17, 15) is 33.6 Å². The maximum absolute atomic E-state index is 12.3. The Kier molecular flexibility index (Phi) is 23.4.